The van der Waals surface area contributed by atoms with Crippen molar-refractivity contribution in [1.82, 2.24) is 10.6 Å². The van der Waals surface area contributed by atoms with Crippen LogP contribution in [0.3, 0.4) is 0 Å². The molecule has 2 N–H and O–H groups in total. The second-order valence-corrected chi connectivity index (χ2v) is 6.77. The summed E-state index contributed by atoms with van der Waals surface area (Å²) in [5.74, 6) is -2.00. The van der Waals surface area contributed by atoms with Gasteiger partial charge in [-0.1, -0.05) is 48.6 Å². The molecule has 2 aromatic rings. The third-order valence-electron chi connectivity index (χ3n) is 4.56. The van der Waals surface area contributed by atoms with Crippen LogP contribution in [0.15, 0.2) is 72.8 Å². The number of ether oxygens (including phenoxy) is 2. The van der Waals surface area contributed by atoms with Crippen LogP contribution in [0.2, 0.25) is 0 Å². The molecular formula is C24H26N2O6. The Balaban J connectivity index is 1.99. The molecule has 0 aromatic heterocycles. The van der Waals surface area contributed by atoms with E-state index in [1.54, 1.807) is 72.8 Å². The van der Waals surface area contributed by atoms with E-state index in [9.17, 15) is 19.2 Å². The molecule has 0 fully saturated rings. The van der Waals surface area contributed by atoms with Gasteiger partial charge in [-0.2, -0.15) is 0 Å². The molecule has 0 spiro atoms. The number of amides is 2. The van der Waals surface area contributed by atoms with Crippen molar-refractivity contribution in [3.05, 3.63) is 83.9 Å². The first-order valence-electron chi connectivity index (χ1n) is 9.98. The Hall–Kier alpha value is -3.94. The minimum atomic E-state index is -0.903. The summed E-state index contributed by atoms with van der Waals surface area (Å²) in [5.41, 5.74) is 0.833. The smallest absolute Gasteiger partial charge is 0.328 e. The number of carbonyl (C=O) groups is 4. The van der Waals surface area contributed by atoms with Crippen molar-refractivity contribution in [3.8, 4) is 0 Å². The van der Waals surface area contributed by atoms with Gasteiger partial charge in [-0.25, -0.2) is 9.59 Å². The van der Waals surface area contributed by atoms with Crippen LogP contribution in [0.4, 0.5) is 0 Å². The largest absolute Gasteiger partial charge is 0.467 e. The molecule has 2 amide bonds. The number of rotatable bonds is 10. The van der Waals surface area contributed by atoms with Gasteiger partial charge in [0.05, 0.1) is 14.2 Å². The molecule has 0 radical (unpaired) electrons. The SMILES string of the molecule is COC(=O)C(C/C=C/CC(NC(=O)c1ccccc1)C(=O)OC)NC(=O)c1ccccc1. The molecule has 8 heteroatoms. The number of esters is 2. The molecule has 0 bridgehead atoms. The number of nitrogens with one attached hydrogen (secondary N) is 2. The first kappa shape index (κ1) is 24.3. The van der Waals surface area contributed by atoms with Crippen LogP contribution in [-0.2, 0) is 19.1 Å². The lowest BCUT2D eigenvalue weighted by molar-refractivity contribution is -0.143. The van der Waals surface area contributed by atoms with Gasteiger partial charge in [-0.3, -0.25) is 9.59 Å². The van der Waals surface area contributed by atoms with Crippen molar-refractivity contribution in [1.29, 1.82) is 0 Å². The Bertz CT molecular complexity index is 866. The van der Waals surface area contributed by atoms with Crippen molar-refractivity contribution in [2.24, 2.45) is 0 Å². The maximum atomic E-state index is 12.3. The summed E-state index contributed by atoms with van der Waals surface area (Å²) >= 11 is 0. The molecule has 2 aromatic carbocycles. The average molecular weight is 438 g/mol. The number of methoxy groups -OCH3 is 2. The summed E-state index contributed by atoms with van der Waals surface area (Å²) in [6.07, 6.45) is 3.56. The fourth-order valence-corrected chi connectivity index (χ4v) is 2.84. The summed E-state index contributed by atoms with van der Waals surface area (Å²) in [6, 6.07) is 15.2. The third kappa shape index (κ3) is 7.39. The van der Waals surface area contributed by atoms with Gasteiger partial charge in [0, 0.05) is 11.1 Å². The van der Waals surface area contributed by atoms with Crippen molar-refractivity contribution in [2.75, 3.05) is 14.2 Å². The van der Waals surface area contributed by atoms with Crippen molar-refractivity contribution in [3.63, 3.8) is 0 Å². The highest BCUT2D eigenvalue weighted by Crippen LogP contribution is 2.06. The zero-order valence-electron chi connectivity index (χ0n) is 17.9. The molecule has 32 heavy (non-hydrogen) atoms. The van der Waals surface area contributed by atoms with Crippen molar-refractivity contribution in [2.45, 2.75) is 24.9 Å². The van der Waals surface area contributed by atoms with E-state index in [0.29, 0.717) is 11.1 Å². The Labute approximate surface area is 186 Å². The molecule has 2 atom stereocenters. The van der Waals surface area contributed by atoms with Crippen LogP contribution in [0.1, 0.15) is 33.6 Å². The van der Waals surface area contributed by atoms with E-state index >= 15 is 0 Å². The van der Waals surface area contributed by atoms with Crippen LogP contribution in [0, 0.1) is 0 Å². The van der Waals surface area contributed by atoms with E-state index in [0.717, 1.165) is 0 Å². The normalized spacial score (nSPS) is 12.4. The Morgan fingerprint density at radius 1 is 0.688 bits per heavy atom. The minimum Gasteiger partial charge on any atom is -0.467 e. The van der Waals surface area contributed by atoms with Crippen molar-refractivity contribution >= 4 is 23.8 Å². The maximum absolute atomic E-state index is 12.3. The lowest BCUT2D eigenvalue weighted by Gasteiger charge is -2.16. The molecule has 168 valence electrons. The molecule has 2 rings (SSSR count). The van der Waals surface area contributed by atoms with E-state index in [4.69, 9.17) is 9.47 Å². The van der Waals surface area contributed by atoms with Crippen LogP contribution in [0.25, 0.3) is 0 Å². The molecule has 0 saturated heterocycles. The van der Waals surface area contributed by atoms with Crippen LogP contribution in [0.5, 0.6) is 0 Å². The zero-order chi connectivity index (χ0) is 23.3. The van der Waals surface area contributed by atoms with E-state index < -0.39 is 35.8 Å². The first-order chi connectivity index (χ1) is 15.5. The number of hydrogen-bond donors (Lipinski definition) is 2. The fraction of sp³-hybridized carbons (Fsp3) is 0.250. The monoisotopic (exact) mass is 438 g/mol. The summed E-state index contributed by atoms with van der Waals surface area (Å²) < 4.78 is 9.53. The van der Waals surface area contributed by atoms with Gasteiger partial charge in [0.25, 0.3) is 11.8 Å². The van der Waals surface area contributed by atoms with Gasteiger partial charge >= 0.3 is 11.9 Å². The second-order valence-electron chi connectivity index (χ2n) is 6.77. The summed E-state index contributed by atoms with van der Waals surface area (Å²) in [5, 5.41) is 5.27. The second kappa shape index (κ2) is 12.7. The molecule has 0 saturated carbocycles. The highest BCUT2D eigenvalue weighted by atomic mass is 16.5. The quantitative estimate of drug-likeness (QED) is 0.435. The molecule has 0 aliphatic heterocycles. The number of carbonyl (C=O) groups excluding carboxylic acids is 4. The molecular weight excluding hydrogens is 412 g/mol. The first-order valence-corrected chi connectivity index (χ1v) is 9.98. The Morgan fingerprint density at radius 2 is 1.03 bits per heavy atom. The van der Waals surface area contributed by atoms with E-state index in [-0.39, 0.29) is 12.8 Å². The van der Waals surface area contributed by atoms with Gasteiger partial charge in [0.1, 0.15) is 12.1 Å². The van der Waals surface area contributed by atoms with E-state index in [1.807, 2.05) is 0 Å². The van der Waals surface area contributed by atoms with Crippen LogP contribution in [-0.4, -0.2) is 50.1 Å². The van der Waals surface area contributed by atoms with Gasteiger partial charge < -0.3 is 20.1 Å². The lowest BCUT2D eigenvalue weighted by Crippen LogP contribution is -2.41. The number of hydrogen-bond acceptors (Lipinski definition) is 6. The van der Waals surface area contributed by atoms with Gasteiger partial charge in [-0.05, 0) is 37.1 Å². The predicted octanol–water partition coefficient (Wildman–Crippen LogP) is 2.27. The van der Waals surface area contributed by atoms with Crippen LogP contribution >= 0.6 is 0 Å². The topological polar surface area (TPSA) is 111 Å². The Morgan fingerprint density at radius 3 is 1.34 bits per heavy atom. The standard InChI is InChI=1S/C24H26N2O6/c1-31-23(29)19(25-21(27)17-11-5-3-6-12-17)15-9-10-16-20(24(30)32-2)26-22(28)18-13-7-4-8-14-18/h3-14,19-20H,15-16H2,1-2H3,(H,25,27)(H,26,28)/b10-9+. The van der Waals surface area contributed by atoms with E-state index in [2.05, 4.69) is 10.6 Å². The summed E-state index contributed by atoms with van der Waals surface area (Å²) in [4.78, 5) is 48.8. The molecule has 0 heterocycles. The van der Waals surface area contributed by atoms with Gasteiger partial charge in [0.15, 0.2) is 0 Å². The van der Waals surface area contributed by atoms with Crippen LogP contribution < -0.4 is 10.6 Å². The minimum absolute atomic E-state index is 0.145. The fourth-order valence-electron chi connectivity index (χ4n) is 2.84. The van der Waals surface area contributed by atoms with Gasteiger partial charge in [-0.15, -0.1) is 0 Å². The lowest BCUT2D eigenvalue weighted by atomic mass is 10.1. The highest BCUT2D eigenvalue weighted by Gasteiger charge is 2.22. The predicted molar refractivity (Wildman–Crippen MR) is 118 cm³/mol. The molecule has 0 aliphatic rings. The molecule has 8 nitrogen and oxygen atoms in total. The van der Waals surface area contributed by atoms with E-state index in [1.165, 1.54) is 14.2 Å². The highest BCUT2D eigenvalue weighted by molar-refractivity contribution is 5.97. The summed E-state index contributed by atoms with van der Waals surface area (Å²) in [6.45, 7) is 0. The summed E-state index contributed by atoms with van der Waals surface area (Å²) in [7, 11) is 2.47. The zero-order valence-corrected chi connectivity index (χ0v) is 17.9. The average Bonchev–Trinajstić information content (AvgIpc) is 2.84. The van der Waals surface area contributed by atoms with Crippen molar-refractivity contribution < 1.29 is 28.7 Å². The maximum Gasteiger partial charge on any atom is 0.328 e. The Kier molecular flexibility index (Phi) is 9.65. The molecule has 2 unspecified atom stereocenters. The van der Waals surface area contributed by atoms with Gasteiger partial charge in [0.2, 0.25) is 0 Å². The number of benzene rings is 2. The molecule has 0 aliphatic carbocycles. The third-order valence-corrected chi connectivity index (χ3v) is 4.56.